The number of hydrogen-bond acceptors (Lipinski definition) is 5. The first-order chi connectivity index (χ1) is 9.85. The third-order valence-electron chi connectivity index (χ3n) is 2.70. The second kappa shape index (κ2) is 7.45. The van der Waals surface area contributed by atoms with Gasteiger partial charge in [0, 0.05) is 19.2 Å². The lowest BCUT2D eigenvalue weighted by Gasteiger charge is -2.11. The van der Waals surface area contributed by atoms with Gasteiger partial charge in [-0.1, -0.05) is 12.1 Å². The number of rotatable bonds is 7. The lowest BCUT2D eigenvalue weighted by atomic mass is 10.1. The van der Waals surface area contributed by atoms with Crippen molar-refractivity contribution in [2.75, 3.05) is 32.2 Å². The van der Waals surface area contributed by atoms with Gasteiger partial charge in [0.15, 0.2) is 0 Å². The average Bonchev–Trinajstić information content (AvgIpc) is 2.49. The number of para-hydroxylation sites is 1. The lowest BCUT2D eigenvalue weighted by molar-refractivity contribution is 0.146. The summed E-state index contributed by atoms with van der Waals surface area (Å²) < 4.78 is 10.7. The van der Waals surface area contributed by atoms with E-state index in [-0.39, 0.29) is 0 Å². The molecule has 0 saturated carbocycles. The van der Waals surface area contributed by atoms with Gasteiger partial charge in [-0.15, -0.1) is 0 Å². The van der Waals surface area contributed by atoms with Crippen LogP contribution in [0.4, 0.5) is 5.82 Å². The van der Waals surface area contributed by atoms with Gasteiger partial charge in [0.2, 0.25) is 0 Å². The smallest absolute Gasteiger partial charge is 0.145 e. The zero-order chi connectivity index (χ0) is 14.2. The van der Waals surface area contributed by atoms with Crippen molar-refractivity contribution in [3.8, 4) is 17.0 Å². The first-order valence-electron chi connectivity index (χ1n) is 6.62. The predicted molar refractivity (Wildman–Crippen MR) is 79.0 cm³/mol. The van der Waals surface area contributed by atoms with Crippen LogP contribution in [0.2, 0.25) is 0 Å². The topological polar surface area (TPSA) is 56.3 Å². The summed E-state index contributed by atoms with van der Waals surface area (Å²) in [5.41, 5.74) is 1.72. The molecule has 0 amide bonds. The summed E-state index contributed by atoms with van der Waals surface area (Å²) in [7, 11) is 1.65. The van der Waals surface area contributed by atoms with Gasteiger partial charge < -0.3 is 14.8 Å². The Kier molecular flexibility index (Phi) is 5.32. The van der Waals surface area contributed by atoms with E-state index >= 15 is 0 Å². The molecule has 0 unspecified atom stereocenters. The van der Waals surface area contributed by atoms with Crippen molar-refractivity contribution in [3.05, 3.63) is 36.7 Å². The molecule has 2 rings (SSSR count). The zero-order valence-electron chi connectivity index (χ0n) is 11.8. The average molecular weight is 273 g/mol. The van der Waals surface area contributed by atoms with Crippen molar-refractivity contribution in [2.24, 2.45) is 0 Å². The maximum atomic E-state index is 5.72. The molecule has 5 nitrogen and oxygen atoms in total. The molecule has 5 heteroatoms. The van der Waals surface area contributed by atoms with Crippen LogP contribution in [0.25, 0.3) is 11.3 Å². The normalized spacial score (nSPS) is 10.3. The highest BCUT2D eigenvalue weighted by molar-refractivity contribution is 5.67. The minimum absolute atomic E-state index is 0.508. The minimum Gasteiger partial charge on any atom is -0.490 e. The van der Waals surface area contributed by atoms with Gasteiger partial charge in [-0.2, -0.15) is 0 Å². The van der Waals surface area contributed by atoms with Crippen LogP contribution in [0.3, 0.4) is 0 Å². The maximum absolute atomic E-state index is 5.72. The summed E-state index contributed by atoms with van der Waals surface area (Å²) in [5, 5.41) is 3.16. The number of nitrogens with one attached hydrogen (secondary N) is 1. The van der Waals surface area contributed by atoms with Gasteiger partial charge in [0.05, 0.1) is 24.7 Å². The molecule has 0 aliphatic carbocycles. The van der Waals surface area contributed by atoms with Crippen molar-refractivity contribution < 1.29 is 9.47 Å². The van der Waals surface area contributed by atoms with Crippen LogP contribution in [0.1, 0.15) is 6.92 Å². The van der Waals surface area contributed by atoms with Crippen LogP contribution < -0.4 is 10.1 Å². The second-order valence-corrected chi connectivity index (χ2v) is 4.16. The van der Waals surface area contributed by atoms with Gasteiger partial charge in [0.25, 0.3) is 0 Å². The Hall–Kier alpha value is -2.14. The van der Waals surface area contributed by atoms with E-state index in [1.54, 1.807) is 19.5 Å². The molecule has 20 heavy (non-hydrogen) atoms. The molecule has 0 aliphatic rings. The number of hydrogen-bond donors (Lipinski definition) is 1. The van der Waals surface area contributed by atoms with Crippen molar-refractivity contribution in [1.82, 2.24) is 9.97 Å². The highest BCUT2D eigenvalue weighted by Gasteiger charge is 2.08. The van der Waals surface area contributed by atoms with E-state index in [1.807, 2.05) is 31.2 Å². The molecule has 0 atom stereocenters. The van der Waals surface area contributed by atoms with Gasteiger partial charge in [-0.3, -0.25) is 4.98 Å². The van der Waals surface area contributed by atoms with Crippen LogP contribution >= 0.6 is 0 Å². The van der Waals surface area contributed by atoms with Gasteiger partial charge in [-0.25, -0.2) is 4.98 Å². The molecule has 0 aliphatic heterocycles. The third-order valence-corrected chi connectivity index (χ3v) is 2.70. The number of nitrogens with zero attached hydrogens (tertiary/aromatic N) is 2. The number of benzene rings is 1. The third kappa shape index (κ3) is 3.68. The molecule has 106 valence electrons. The molecule has 1 heterocycles. The number of anilines is 1. The van der Waals surface area contributed by atoms with Gasteiger partial charge >= 0.3 is 0 Å². The van der Waals surface area contributed by atoms with Crippen LogP contribution in [0.5, 0.6) is 5.75 Å². The Balaban J connectivity index is 2.24. The fraction of sp³-hybridized carbons (Fsp3) is 0.333. The van der Waals surface area contributed by atoms with E-state index in [4.69, 9.17) is 9.47 Å². The van der Waals surface area contributed by atoms with E-state index in [0.717, 1.165) is 29.4 Å². The molecule has 0 bridgehead atoms. The molecular formula is C15H19N3O2. The summed E-state index contributed by atoms with van der Waals surface area (Å²) in [4.78, 5) is 8.75. The van der Waals surface area contributed by atoms with Crippen LogP contribution in [0, 0.1) is 0 Å². The fourth-order valence-corrected chi connectivity index (χ4v) is 1.80. The zero-order valence-corrected chi connectivity index (χ0v) is 11.8. The fourth-order valence-electron chi connectivity index (χ4n) is 1.80. The highest BCUT2D eigenvalue weighted by atomic mass is 16.5. The Bertz CT molecular complexity index is 546. The lowest BCUT2D eigenvalue weighted by Crippen LogP contribution is -2.05. The standard InChI is InChI=1S/C15H19N3O2/c1-3-17-15-11-16-10-13(18-15)12-6-4-5-7-14(12)20-9-8-19-2/h4-7,10-11H,3,8-9H2,1-2H3,(H,17,18). The summed E-state index contributed by atoms with van der Waals surface area (Å²) in [6, 6.07) is 7.79. The predicted octanol–water partition coefficient (Wildman–Crippen LogP) is 2.60. The molecule has 0 saturated heterocycles. The van der Waals surface area contributed by atoms with Crippen molar-refractivity contribution in [2.45, 2.75) is 6.92 Å². The van der Waals surface area contributed by atoms with Crippen LogP contribution in [0.15, 0.2) is 36.7 Å². The van der Waals surface area contributed by atoms with Gasteiger partial charge in [0.1, 0.15) is 18.2 Å². The molecular weight excluding hydrogens is 254 g/mol. The number of aromatic nitrogens is 2. The quantitative estimate of drug-likeness (QED) is 0.786. The summed E-state index contributed by atoms with van der Waals surface area (Å²) in [6.45, 7) is 3.89. The first kappa shape index (κ1) is 14.3. The molecule has 1 N–H and O–H groups in total. The Morgan fingerprint density at radius 2 is 2.00 bits per heavy atom. The number of ether oxygens (including phenoxy) is 2. The van der Waals surface area contributed by atoms with Crippen molar-refractivity contribution in [1.29, 1.82) is 0 Å². The summed E-state index contributed by atoms with van der Waals surface area (Å²) >= 11 is 0. The largest absolute Gasteiger partial charge is 0.490 e. The van der Waals surface area contributed by atoms with Crippen molar-refractivity contribution >= 4 is 5.82 Å². The molecule has 0 radical (unpaired) electrons. The van der Waals surface area contributed by atoms with E-state index < -0.39 is 0 Å². The van der Waals surface area contributed by atoms with E-state index in [1.165, 1.54) is 0 Å². The number of methoxy groups -OCH3 is 1. The molecule has 1 aromatic heterocycles. The van der Waals surface area contributed by atoms with Gasteiger partial charge in [-0.05, 0) is 19.1 Å². The van der Waals surface area contributed by atoms with E-state index in [0.29, 0.717) is 13.2 Å². The summed E-state index contributed by atoms with van der Waals surface area (Å²) in [6.07, 6.45) is 3.45. The van der Waals surface area contributed by atoms with Crippen LogP contribution in [-0.4, -0.2) is 36.8 Å². The molecule has 2 aromatic rings. The summed E-state index contributed by atoms with van der Waals surface area (Å²) in [5.74, 6) is 1.55. The molecule has 1 aromatic carbocycles. The maximum Gasteiger partial charge on any atom is 0.145 e. The molecule has 0 spiro atoms. The highest BCUT2D eigenvalue weighted by Crippen LogP contribution is 2.28. The monoisotopic (exact) mass is 273 g/mol. The molecule has 0 fully saturated rings. The Morgan fingerprint density at radius 1 is 1.15 bits per heavy atom. The van der Waals surface area contributed by atoms with Crippen LogP contribution in [-0.2, 0) is 4.74 Å². The van der Waals surface area contributed by atoms with E-state index in [2.05, 4.69) is 15.3 Å². The Labute approximate surface area is 119 Å². The van der Waals surface area contributed by atoms with E-state index in [9.17, 15) is 0 Å². The SMILES string of the molecule is CCNc1cncc(-c2ccccc2OCCOC)n1. The van der Waals surface area contributed by atoms with Crippen molar-refractivity contribution in [3.63, 3.8) is 0 Å². The first-order valence-corrected chi connectivity index (χ1v) is 6.62. The second-order valence-electron chi connectivity index (χ2n) is 4.16. The minimum atomic E-state index is 0.508. The Morgan fingerprint density at radius 3 is 2.80 bits per heavy atom.